The SMILES string of the molecule is CCN(c1ccccc1)c1ccc2c(c1)Oc1ccc(NC)cc1C21OC(=O)c2ccccc21. The van der Waals surface area contributed by atoms with Gasteiger partial charge in [-0.15, -0.1) is 0 Å². The van der Waals surface area contributed by atoms with Crippen LogP contribution in [0.4, 0.5) is 17.1 Å². The molecule has 0 saturated heterocycles. The molecule has 4 aromatic carbocycles. The molecule has 0 bridgehead atoms. The highest BCUT2D eigenvalue weighted by Crippen LogP contribution is 2.57. The third kappa shape index (κ3) is 2.83. The van der Waals surface area contributed by atoms with E-state index in [1.54, 1.807) is 0 Å². The van der Waals surface area contributed by atoms with E-state index in [9.17, 15) is 4.79 Å². The Labute approximate surface area is 198 Å². The zero-order chi connectivity index (χ0) is 23.3. The second kappa shape index (κ2) is 7.66. The second-order valence-corrected chi connectivity index (χ2v) is 8.44. The summed E-state index contributed by atoms with van der Waals surface area (Å²) in [7, 11) is 1.87. The van der Waals surface area contributed by atoms with Gasteiger partial charge >= 0.3 is 5.97 Å². The minimum absolute atomic E-state index is 0.326. The minimum atomic E-state index is -1.06. The number of anilines is 3. The summed E-state index contributed by atoms with van der Waals surface area (Å²) in [6, 6.07) is 29.9. The zero-order valence-corrected chi connectivity index (χ0v) is 19.0. The molecule has 2 heterocycles. The monoisotopic (exact) mass is 448 g/mol. The van der Waals surface area contributed by atoms with E-state index >= 15 is 0 Å². The third-order valence-electron chi connectivity index (χ3n) is 6.68. The number of ether oxygens (including phenoxy) is 2. The molecule has 0 amide bonds. The molecule has 1 unspecified atom stereocenters. The fraction of sp³-hybridized carbons (Fsp3) is 0.138. The molecule has 168 valence electrons. The van der Waals surface area contributed by atoms with Gasteiger partial charge in [-0.25, -0.2) is 4.79 Å². The quantitative estimate of drug-likeness (QED) is 0.363. The van der Waals surface area contributed by atoms with Gasteiger partial charge in [-0.3, -0.25) is 0 Å². The Morgan fingerprint density at radius 3 is 2.38 bits per heavy atom. The number of fused-ring (bicyclic) bond motifs is 6. The van der Waals surface area contributed by atoms with E-state index in [1.807, 2.05) is 79.8 Å². The highest BCUT2D eigenvalue weighted by molar-refractivity contribution is 5.97. The lowest BCUT2D eigenvalue weighted by molar-refractivity contribution is 0.0224. The van der Waals surface area contributed by atoms with Crippen LogP contribution in [-0.4, -0.2) is 19.6 Å². The van der Waals surface area contributed by atoms with Crippen LogP contribution in [0.5, 0.6) is 11.5 Å². The standard InChI is InChI=1S/C29H24N2O3/c1-3-31(20-9-5-4-6-10-20)21-14-15-24-27(18-21)33-26-16-13-19(30-2)17-25(26)29(24)23-12-8-7-11-22(23)28(32)34-29/h4-18,30H,3H2,1-2H3. The first kappa shape index (κ1) is 20.4. The van der Waals surface area contributed by atoms with Gasteiger partial charge in [-0.05, 0) is 55.5 Å². The molecule has 0 aromatic heterocycles. The molecule has 1 N–H and O–H groups in total. The van der Waals surface area contributed by atoms with Gasteiger partial charge in [0.15, 0.2) is 5.60 Å². The fourth-order valence-corrected chi connectivity index (χ4v) is 5.11. The molecule has 0 fully saturated rings. The normalized spacial score (nSPS) is 17.3. The van der Waals surface area contributed by atoms with Gasteiger partial charge in [0.05, 0.1) is 5.56 Å². The summed E-state index contributed by atoms with van der Waals surface area (Å²) in [5.41, 5.74) is 5.02. The number of nitrogens with zero attached hydrogens (tertiary/aromatic N) is 1. The lowest BCUT2D eigenvalue weighted by atomic mass is 9.77. The van der Waals surface area contributed by atoms with Crippen molar-refractivity contribution in [2.45, 2.75) is 12.5 Å². The van der Waals surface area contributed by atoms with E-state index < -0.39 is 5.60 Å². The molecule has 1 spiro atoms. The molecule has 5 heteroatoms. The first-order valence-corrected chi connectivity index (χ1v) is 11.5. The van der Waals surface area contributed by atoms with Crippen LogP contribution in [0.1, 0.15) is 34.0 Å². The maximum Gasteiger partial charge on any atom is 0.340 e. The lowest BCUT2D eigenvalue weighted by Gasteiger charge is -2.37. The van der Waals surface area contributed by atoms with Crippen molar-refractivity contribution in [3.63, 3.8) is 0 Å². The van der Waals surface area contributed by atoms with Gasteiger partial charge in [0.2, 0.25) is 0 Å². The van der Waals surface area contributed by atoms with Crippen molar-refractivity contribution in [1.29, 1.82) is 0 Å². The summed E-state index contributed by atoms with van der Waals surface area (Å²) in [6.45, 7) is 2.92. The largest absolute Gasteiger partial charge is 0.456 e. The van der Waals surface area contributed by atoms with Crippen LogP contribution in [0.2, 0.25) is 0 Å². The van der Waals surface area contributed by atoms with Crippen molar-refractivity contribution in [2.24, 2.45) is 0 Å². The van der Waals surface area contributed by atoms with Crippen molar-refractivity contribution in [3.8, 4) is 11.5 Å². The Morgan fingerprint density at radius 1 is 0.794 bits per heavy atom. The molecule has 2 aliphatic rings. The topological polar surface area (TPSA) is 50.8 Å². The first-order valence-electron chi connectivity index (χ1n) is 11.5. The number of esters is 1. The summed E-state index contributed by atoms with van der Waals surface area (Å²) in [4.78, 5) is 15.3. The average molecular weight is 449 g/mol. The maximum atomic E-state index is 13.0. The van der Waals surface area contributed by atoms with Crippen LogP contribution < -0.4 is 15.0 Å². The van der Waals surface area contributed by atoms with Crippen molar-refractivity contribution in [2.75, 3.05) is 23.8 Å². The highest BCUT2D eigenvalue weighted by atomic mass is 16.6. The number of rotatable bonds is 4. The summed E-state index contributed by atoms with van der Waals surface area (Å²) in [5.74, 6) is 1.03. The molecule has 5 nitrogen and oxygen atoms in total. The molecule has 0 radical (unpaired) electrons. The number of nitrogens with one attached hydrogen (secondary N) is 1. The number of benzene rings is 4. The van der Waals surface area contributed by atoms with Gasteiger partial charge in [-0.2, -0.15) is 0 Å². The molecule has 34 heavy (non-hydrogen) atoms. The summed E-state index contributed by atoms with van der Waals surface area (Å²) in [5, 5.41) is 3.19. The molecule has 6 rings (SSSR count). The molecular formula is C29H24N2O3. The predicted octanol–water partition coefficient (Wildman–Crippen LogP) is 6.45. The number of hydrogen-bond donors (Lipinski definition) is 1. The van der Waals surface area contributed by atoms with E-state index in [2.05, 4.69) is 35.3 Å². The van der Waals surface area contributed by atoms with Crippen LogP contribution in [0.15, 0.2) is 91.0 Å². The molecule has 1 atom stereocenters. The Balaban J connectivity index is 1.58. The molecular weight excluding hydrogens is 424 g/mol. The van der Waals surface area contributed by atoms with Crippen molar-refractivity contribution in [1.82, 2.24) is 0 Å². The van der Waals surface area contributed by atoms with Gasteiger partial charge in [-0.1, -0.05) is 36.4 Å². The Kier molecular flexibility index (Phi) is 4.59. The summed E-state index contributed by atoms with van der Waals surface area (Å²) >= 11 is 0. The summed E-state index contributed by atoms with van der Waals surface area (Å²) < 4.78 is 12.7. The number of carbonyl (C=O) groups excluding carboxylic acids is 1. The maximum absolute atomic E-state index is 13.0. The van der Waals surface area contributed by atoms with Crippen LogP contribution >= 0.6 is 0 Å². The Bertz CT molecular complexity index is 1420. The Hall–Kier alpha value is -4.25. The molecule has 0 aliphatic carbocycles. The predicted molar refractivity (Wildman–Crippen MR) is 133 cm³/mol. The van der Waals surface area contributed by atoms with E-state index in [0.29, 0.717) is 17.1 Å². The highest BCUT2D eigenvalue weighted by Gasteiger charge is 2.53. The van der Waals surface area contributed by atoms with E-state index in [0.717, 1.165) is 40.3 Å². The lowest BCUT2D eigenvalue weighted by Crippen LogP contribution is -2.33. The minimum Gasteiger partial charge on any atom is -0.456 e. The van der Waals surface area contributed by atoms with Crippen LogP contribution in [0.25, 0.3) is 0 Å². The zero-order valence-electron chi connectivity index (χ0n) is 19.0. The molecule has 2 aliphatic heterocycles. The van der Waals surface area contributed by atoms with E-state index in [-0.39, 0.29) is 5.97 Å². The van der Waals surface area contributed by atoms with Crippen LogP contribution in [0.3, 0.4) is 0 Å². The summed E-state index contributed by atoms with van der Waals surface area (Å²) in [6.07, 6.45) is 0. The number of carbonyl (C=O) groups is 1. The molecule has 4 aromatic rings. The fourth-order valence-electron chi connectivity index (χ4n) is 5.11. The third-order valence-corrected chi connectivity index (χ3v) is 6.68. The van der Waals surface area contributed by atoms with Crippen LogP contribution in [-0.2, 0) is 10.3 Å². The van der Waals surface area contributed by atoms with Crippen molar-refractivity contribution < 1.29 is 14.3 Å². The van der Waals surface area contributed by atoms with E-state index in [4.69, 9.17) is 9.47 Å². The van der Waals surface area contributed by atoms with Crippen LogP contribution in [0, 0.1) is 0 Å². The van der Waals surface area contributed by atoms with Gasteiger partial charge in [0, 0.05) is 53.4 Å². The molecule has 0 saturated carbocycles. The van der Waals surface area contributed by atoms with Gasteiger partial charge in [0.25, 0.3) is 0 Å². The van der Waals surface area contributed by atoms with Gasteiger partial charge in [0.1, 0.15) is 11.5 Å². The number of hydrogen-bond acceptors (Lipinski definition) is 5. The average Bonchev–Trinajstić information content (AvgIpc) is 3.18. The van der Waals surface area contributed by atoms with Crippen molar-refractivity contribution in [3.05, 3.63) is 113 Å². The van der Waals surface area contributed by atoms with Gasteiger partial charge < -0.3 is 19.7 Å². The van der Waals surface area contributed by atoms with Crippen molar-refractivity contribution >= 4 is 23.0 Å². The first-order chi connectivity index (χ1) is 16.7. The Morgan fingerprint density at radius 2 is 1.59 bits per heavy atom. The number of para-hydroxylation sites is 1. The second-order valence-electron chi connectivity index (χ2n) is 8.44. The van der Waals surface area contributed by atoms with E-state index in [1.165, 1.54) is 0 Å². The smallest absolute Gasteiger partial charge is 0.340 e.